The number of ether oxygens (including phenoxy) is 2. The maximum Gasteiger partial charge on any atom is 0.186 e. The average Bonchev–Trinajstić information content (AvgIpc) is 2.67. The summed E-state index contributed by atoms with van der Waals surface area (Å²) in [5.74, 6) is 1.10. The second kappa shape index (κ2) is 10.5. The van der Waals surface area contributed by atoms with Crippen molar-refractivity contribution in [3.63, 3.8) is 0 Å². The summed E-state index contributed by atoms with van der Waals surface area (Å²) in [6, 6.07) is 13.1. The number of halogens is 1. The minimum absolute atomic E-state index is 0.255. The first-order valence-electron chi connectivity index (χ1n) is 8.14. The van der Waals surface area contributed by atoms with E-state index in [1.807, 2.05) is 31.2 Å². The summed E-state index contributed by atoms with van der Waals surface area (Å²) in [6.45, 7) is 2.93. The van der Waals surface area contributed by atoms with E-state index in [2.05, 4.69) is 37.8 Å². The molecule has 0 aromatic heterocycles. The molecule has 27 heavy (non-hydrogen) atoms. The molecule has 0 radical (unpaired) electrons. The van der Waals surface area contributed by atoms with Gasteiger partial charge in [0.15, 0.2) is 16.6 Å². The van der Waals surface area contributed by atoms with E-state index < -0.39 is 0 Å². The van der Waals surface area contributed by atoms with E-state index in [1.54, 1.807) is 25.5 Å². The number of methoxy groups -OCH3 is 1. The quantitative estimate of drug-likeness (QED) is 0.383. The largest absolute Gasteiger partial charge is 0.493 e. The van der Waals surface area contributed by atoms with Gasteiger partial charge in [0, 0.05) is 12.1 Å². The number of nitriles is 1. The van der Waals surface area contributed by atoms with Crippen molar-refractivity contribution < 1.29 is 9.47 Å². The van der Waals surface area contributed by atoms with Crippen molar-refractivity contribution in [2.75, 3.05) is 13.7 Å². The van der Waals surface area contributed by atoms with Crippen LogP contribution in [0.25, 0.3) is 0 Å². The van der Waals surface area contributed by atoms with Crippen LogP contribution in [-0.4, -0.2) is 25.0 Å². The summed E-state index contributed by atoms with van der Waals surface area (Å²) in [6.07, 6.45) is 1.63. The van der Waals surface area contributed by atoms with E-state index in [4.69, 9.17) is 21.7 Å². The Morgan fingerprint density at radius 1 is 1.37 bits per heavy atom. The van der Waals surface area contributed by atoms with Crippen molar-refractivity contribution in [3.8, 4) is 17.6 Å². The molecule has 0 atom stereocenters. The molecular weight excluding hydrogens is 428 g/mol. The number of nitrogens with zero attached hydrogens (tertiary/aromatic N) is 2. The molecule has 140 valence electrons. The van der Waals surface area contributed by atoms with E-state index in [0.717, 1.165) is 17.7 Å². The van der Waals surface area contributed by atoms with Crippen LogP contribution in [0.3, 0.4) is 0 Å². The van der Waals surface area contributed by atoms with Crippen molar-refractivity contribution >= 4 is 39.5 Å². The van der Waals surface area contributed by atoms with Crippen molar-refractivity contribution in [2.45, 2.75) is 13.5 Å². The zero-order valence-electron chi connectivity index (χ0n) is 15.0. The normalized spacial score (nSPS) is 10.3. The predicted octanol–water partition coefficient (Wildman–Crippen LogP) is 3.73. The predicted molar refractivity (Wildman–Crippen MR) is 113 cm³/mol. The van der Waals surface area contributed by atoms with Crippen molar-refractivity contribution in [1.82, 2.24) is 10.7 Å². The highest BCUT2D eigenvalue weighted by Crippen LogP contribution is 2.37. The van der Waals surface area contributed by atoms with Gasteiger partial charge in [-0.25, -0.2) is 0 Å². The third-order valence-corrected chi connectivity index (χ3v) is 4.30. The number of hydrogen-bond acceptors (Lipinski definition) is 5. The molecular formula is C19H19BrN4O2S. The van der Waals surface area contributed by atoms with Crippen LogP contribution in [0.4, 0.5) is 0 Å². The summed E-state index contributed by atoms with van der Waals surface area (Å²) in [5, 5.41) is 16.7. The van der Waals surface area contributed by atoms with Gasteiger partial charge in [0.25, 0.3) is 0 Å². The molecule has 0 aliphatic heterocycles. The minimum Gasteiger partial charge on any atom is -0.493 e. The molecule has 0 spiro atoms. The lowest BCUT2D eigenvalue weighted by atomic mass is 10.1. The van der Waals surface area contributed by atoms with Gasteiger partial charge >= 0.3 is 0 Å². The van der Waals surface area contributed by atoms with Gasteiger partial charge in [-0.15, -0.1) is 0 Å². The highest BCUT2D eigenvalue weighted by Gasteiger charge is 2.12. The maximum absolute atomic E-state index is 9.19. The lowest BCUT2D eigenvalue weighted by Crippen LogP contribution is -2.31. The lowest BCUT2D eigenvalue weighted by Gasteiger charge is -2.14. The van der Waals surface area contributed by atoms with Gasteiger partial charge in [0.05, 0.1) is 29.4 Å². The molecule has 0 saturated carbocycles. The van der Waals surface area contributed by atoms with Gasteiger partial charge in [-0.3, -0.25) is 5.43 Å². The topological polar surface area (TPSA) is 78.7 Å². The first kappa shape index (κ1) is 20.7. The standard InChI is InChI=1S/C19H19BrN4O2S/c1-3-22-19(27)24-23-11-13-8-16(20)18(17(9-13)25-2)26-12-15-7-5-4-6-14(15)10-21/h4-9,11H,3,12H2,1-2H3,(H2,22,24,27). The van der Waals surface area contributed by atoms with E-state index in [-0.39, 0.29) is 6.61 Å². The van der Waals surface area contributed by atoms with Crippen LogP contribution in [0.2, 0.25) is 0 Å². The van der Waals surface area contributed by atoms with Crippen LogP contribution < -0.4 is 20.2 Å². The molecule has 0 saturated heterocycles. The van der Waals surface area contributed by atoms with Crippen molar-refractivity contribution in [1.29, 1.82) is 5.26 Å². The zero-order valence-corrected chi connectivity index (χ0v) is 17.4. The molecule has 0 bridgehead atoms. The average molecular weight is 447 g/mol. The number of benzene rings is 2. The molecule has 0 amide bonds. The van der Waals surface area contributed by atoms with Gasteiger partial charge in [-0.2, -0.15) is 10.4 Å². The molecule has 2 rings (SSSR count). The van der Waals surface area contributed by atoms with E-state index in [9.17, 15) is 5.26 Å². The van der Waals surface area contributed by atoms with E-state index >= 15 is 0 Å². The molecule has 2 aromatic carbocycles. The van der Waals surface area contributed by atoms with Gasteiger partial charge in [0.2, 0.25) is 0 Å². The monoisotopic (exact) mass is 446 g/mol. The smallest absolute Gasteiger partial charge is 0.186 e. The van der Waals surface area contributed by atoms with Gasteiger partial charge in [-0.05, 0) is 58.8 Å². The van der Waals surface area contributed by atoms with E-state index in [1.165, 1.54) is 0 Å². The molecule has 0 unspecified atom stereocenters. The molecule has 6 nitrogen and oxygen atoms in total. The molecule has 2 aromatic rings. The first-order chi connectivity index (χ1) is 13.1. The fourth-order valence-electron chi connectivity index (χ4n) is 2.23. The first-order valence-corrected chi connectivity index (χ1v) is 9.34. The van der Waals surface area contributed by atoms with Gasteiger partial charge in [-0.1, -0.05) is 18.2 Å². The highest BCUT2D eigenvalue weighted by molar-refractivity contribution is 9.10. The van der Waals surface area contributed by atoms with Crippen LogP contribution in [0.15, 0.2) is 46.0 Å². The van der Waals surface area contributed by atoms with Crippen molar-refractivity contribution in [3.05, 3.63) is 57.6 Å². The summed E-state index contributed by atoms with van der Waals surface area (Å²) in [7, 11) is 1.57. The molecule has 0 fully saturated rings. The summed E-state index contributed by atoms with van der Waals surface area (Å²) < 4.78 is 12.1. The lowest BCUT2D eigenvalue weighted by molar-refractivity contribution is 0.282. The molecule has 0 aliphatic carbocycles. The van der Waals surface area contributed by atoms with Gasteiger partial charge in [0.1, 0.15) is 6.61 Å². The SMILES string of the molecule is CCNC(=S)NN=Cc1cc(Br)c(OCc2ccccc2C#N)c(OC)c1. The van der Waals surface area contributed by atoms with Crippen molar-refractivity contribution in [2.24, 2.45) is 5.10 Å². The Balaban J connectivity index is 2.15. The Kier molecular flexibility index (Phi) is 8.04. The Bertz CT molecular complexity index is 880. The summed E-state index contributed by atoms with van der Waals surface area (Å²) in [4.78, 5) is 0. The second-order valence-electron chi connectivity index (χ2n) is 5.32. The number of rotatable bonds is 7. The summed E-state index contributed by atoms with van der Waals surface area (Å²) >= 11 is 8.56. The fourth-order valence-corrected chi connectivity index (χ4v) is 3.00. The number of hydrogen-bond donors (Lipinski definition) is 2. The molecule has 2 N–H and O–H groups in total. The molecule has 8 heteroatoms. The maximum atomic E-state index is 9.19. The Morgan fingerprint density at radius 2 is 2.15 bits per heavy atom. The number of thiocarbonyl (C=S) groups is 1. The summed E-state index contributed by atoms with van der Waals surface area (Å²) in [5.41, 5.74) is 4.92. The Morgan fingerprint density at radius 3 is 2.85 bits per heavy atom. The Hall–Kier alpha value is -2.63. The highest BCUT2D eigenvalue weighted by atomic mass is 79.9. The van der Waals surface area contributed by atoms with Crippen LogP contribution in [-0.2, 0) is 6.61 Å². The van der Waals surface area contributed by atoms with Crippen LogP contribution in [0, 0.1) is 11.3 Å². The fraction of sp³-hybridized carbons (Fsp3) is 0.211. The second-order valence-corrected chi connectivity index (χ2v) is 6.58. The van der Waals surface area contributed by atoms with Crippen LogP contribution in [0.1, 0.15) is 23.6 Å². The third kappa shape index (κ3) is 5.94. The zero-order chi connectivity index (χ0) is 19.6. The third-order valence-electron chi connectivity index (χ3n) is 3.48. The minimum atomic E-state index is 0.255. The van der Waals surface area contributed by atoms with E-state index in [0.29, 0.717) is 26.6 Å². The molecule has 0 heterocycles. The molecule has 0 aliphatic rings. The van der Waals surface area contributed by atoms with Crippen LogP contribution >= 0.6 is 28.1 Å². The number of nitrogens with one attached hydrogen (secondary N) is 2. The van der Waals surface area contributed by atoms with Crippen LogP contribution in [0.5, 0.6) is 11.5 Å². The number of hydrazone groups is 1. The Labute approximate surface area is 172 Å². The van der Waals surface area contributed by atoms with Gasteiger partial charge < -0.3 is 14.8 Å².